The van der Waals surface area contributed by atoms with E-state index in [-0.39, 0.29) is 82.7 Å². The first-order valence-electron chi connectivity index (χ1n) is 23.7. The third-order valence-corrected chi connectivity index (χ3v) is 11.7. The lowest BCUT2D eigenvalue weighted by atomic mass is 10.0. The number of aliphatic carboxylic acids is 3. The number of carbonyl (C=O) groups is 10. The molecule has 1 aromatic heterocycles. The van der Waals surface area contributed by atoms with E-state index in [1.807, 2.05) is 0 Å². The minimum atomic E-state index is -1.90. The van der Waals surface area contributed by atoms with Crippen molar-refractivity contribution in [2.75, 3.05) is 19.6 Å². The number of rotatable bonds is 32. The van der Waals surface area contributed by atoms with E-state index in [2.05, 4.69) is 46.9 Å². The van der Waals surface area contributed by atoms with Crippen molar-refractivity contribution >= 4 is 65.2 Å². The number of nitrogens with one attached hydrogen (secondary N) is 7. The predicted octanol–water partition coefficient (Wildman–Crippen LogP) is -4.88. The number of aliphatic hydroxyl groups excluding tert-OH is 1. The average molecular weight is 1050 g/mol. The third kappa shape index (κ3) is 20.3. The molecule has 7 amide bonds. The highest BCUT2D eigenvalue weighted by atomic mass is 16.4. The van der Waals surface area contributed by atoms with Gasteiger partial charge in [-0.05, 0) is 82.5 Å². The Bertz CT molecular complexity index is 2280. The van der Waals surface area contributed by atoms with Crippen LogP contribution in [0.2, 0.25) is 0 Å². The highest BCUT2D eigenvalue weighted by Crippen LogP contribution is 2.21. The third-order valence-electron chi connectivity index (χ3n) is 11.7. The quantitative estimate of drug-likeness (QED) is 0.0186. The second-order valence-electron chi connectivity index (χ2n) is 17.6. The molecule has 2 aromatic rings. The molecule has 0 radical (unpaired) electrons. The number of phenols is 1. The maximum atomic E-state index is 14.4. The Morgan fingerprint density at radius 3 is 1.95 bits per heavy atom. The van der Waals surface area contributed by atoms with Crippen molar-refractivity contribution in [3.8, 4) is 5.75 Å². The summed E-state index contributed by atoms with van der Waals surface area (Å²) >= 11 is 0. The van der Waals surface area contributed by atoms with Crippen LogP contribution in [-0.4, -0.2) is 180 Å². The van der Waals surface area contributed by atoms with E-state index in [9.17, 15) is 73.5 Å². The van der Waals surface area contributed by atoms with Gasteiger partial charge in [0.1, 0.15) is 42.0 Å². The van der Waals surface area contributed by atoms with Crippen LogP contribution in [0.15, 0.2) is 41.8 Å². The molecule has 0 aliphatic carbocycles. The van der Waals surface area contributed by atoms with Gasteiger partial charge < -0.3 is 90.3 Å². The average Bonchev–Trinajstić information content (AvgIpc) is 4.05. The molecule has 1 fully saturated rings. The predicted molar refractivity (Wildman–Crippen MR) is 260 cm³/mol. The van der Waals surface area contributed by atoms with Crippen molar-refractivity contribution in [3.05, 3.63) is 48.0 Å². The van der Waals surface area contributed by atoms with Crippen molar-refractivity contribution in [1.29, 1.82) is 0 Å². The van der Waals surface area contributed by atoms with Crippen LogP contribution in [0.25, 0.3) is 0 Å². The lowest BCUT2D eigenvalue weighted by molar-refractivity contribution is -0.146. The van der Waals surface area contributed by atoms with E-state index in [1.165, 1.54) is 36.8 Å². The minimum absolute atomic E-state index is 0.0152. The Labute approximate surface area is 424 Å². The van der Waals surface area contributed by atoms with Gasteiger partial charge in [0.2, 0.25) is 41.4 Å². The summed E-state index contributed by atoms with van der Waals surface area (Å²) in [5.41, 5.74) is 23.7. The number of amides is 7. The smallest absolute Gasteiger partial charge is 0.328 e. The summed E-state index contributed by atoms with van der Waals surface area (Å²) in [5.74, 6) is -11.6. The Morgan fingerprint density at radius 1 is 0.757 bits per heavy atom. The number of phenolic OH excluding ortho intramolecular Hbond substituents is 1. The van der Waals surface area contributed by atoms with Crippen LogP contribution < -0.4 is 54.8 Å². The van der Waals surface area contributed by atoms with Gasteiger partial charge in [0.25, 0.3) is 0 Å². The fourth-order valence-electron chi connectivity index (χ4n) is 7.76. The molecule has 0 unspecified atom stereocenters. The molecular weight excluding hydrogens is 977 g/mol. The van der Waals surface area contributed by atoms with Gasteiger partial charge in [-0.25, -0.2) is 9.78 Å². The van der Waals surface area contributed by atoms with Crippen molar-refractivity contribution in [1.82, 2.24) is 46.8 Å². The Hall–Kier alpha value is -7.92. The fourth-order valence-corrected chi connectivity index (χ4v) is 7.76. The van der Waals surface area contributed by atoms with Gasteiger partial charge in [0.05, 0.1) is 24.9 Å². The van der Waals surface area contributed by atoms with Crippen LogP contribution in [0.4, 0.5) is 0 Å². The van der Waals surface area contributed by atoms with E-state index in [0.29, 0.717) is 17.7 Å². The Morgan fingerprint density at radius 2 is 1.35 bits per heavy atom. The topological polar surface area (TPSA) is 492 Å². The number of imidazole rings is 1. The number of carboxylic acid groups (broad SMARTS) is 3. The molecule has 2 heterocycles. The molecule has 1 aromatic carbocycles. The number of hydrogen-bond donors (Lipinski definition) is 16. The summed E-state index contributed by atoms with van der Waals surface area (Å²) in [6.07, 6.45) is -0.356. The number of guanidine groups is 1. The van der Waals surface area contributed by atoms with Crippen LogP contribution in [0.5, 0.6) is 5.75 Å². The lowest BCUT2D eigenvalue weighted by Crippen LogP contribution is -2.60. The van der Waals surface area contributed by atoms with E-state index >= 15 is 0 Å². The summed E-state index contributed by atoms with van der Waals surface area (Å²) < 4.78 is 0. The second kappa shape index (κ2) is 30.2. The van der Waals surface area contributed by atoms with Crippen molar-refractivity contribution in [3.63, 3.8) is 0 Å². The number of unbranched alkanes of at least 4 members (excludes halogenated alkanes) is 1. The van der Waals surface area contributed by atoms with E-state index in [4.69, 9.17) is 22.9 Å². The van der Waals surface area contributed by atoms with E-state index in [0.717, 1.165) is 11.8 Å². The van der Waals surface area contributed by atoms with Gasteiger partial charge in [-0.2, -0.15) is 0 Å². The molecule has 0 bridgehead atoms. The molecule has 20 N–H and O–H groups in total. The number of aliphatic hydroxyl groups is 1. The summed E-state index contributed by atoms with van der Waals surface area (Å²) in [6, 6.07) is -6.70. The summed E-state index contributed by atoms with van der Waals surface area (Å²) in [4.78, 5) is 144. The SMILES string of the molecule is C[C@@H](O)[C@H](NC(=O)[C@H](CCC(=O)O)NC(=O)[C@@H]1CCCN1C(=O)[C@H](CCCCN)NC(=O)[C@H](CC(=O)O)NC(=O)[C@H](Cc1ccc(O)cc1)NC(=O)[C@H](CCCN=C(N)N)NC(=O)[C@@H](N)Cc1cnc[nH]1)C(=O)O. The molecular formula is C45H68N14O15. The van der Waals surface area contributed by atoms with Gasteiger partial charge in [-0.3, -0.25) is 48.1 Å². The number of carbonyl (C=O) groups excluding carboxylic acids is 7. The number of benzene rings is 1. The molecule has 29 nitrogen and oxygen atoms in total. The number of hydrogen-bond acceptors (Lipinski definition) is 16. The molecule has 1 saturated heterocycles. The van der Waals surface area contributed by atoms with E-state index < -0.39 is 133 Å². The Kier molecular flexibility index (Phi) is 24.6. The number of aromatic nitrogens is 2. The first-order valence-corrected chi connectivity index (χ1v) is 23.7. The molecule has 74 heavy (non-hydrogen) atoms. The molecule has 408 valence electrons. The number of aromatic amines is 1. The van der Waals surface area contributed by atoms with Gasteiger partial charge in [0.15, 0.2) is 12.0 Å². The van der Waals surface area contributed by atoms with Crippen molar-refractivity contribution in [2.24, 2.45) is 27.9 Å². The number of aliphatic imine (C=N–C) groups is 1. The largest absolute Gasteiger partial charge is 0.508 e. The molecule has 1 aliphatic rings. The highest BCUT2D eigenvalue weighted by Gasteiger charge is 2.41. The minimum Gasteiger partial charge on any atom is -0.508 e. The number of carboxylic acids is 3. The van der Waals surface area contributed by atoms with E-state index in [1.54, 1.807) is 0 Å². The molecule has 1 aliphatic heterocycles. The van der Waals surface area contributed by atoms with Gasteiger partial charge in [-0.1, -0.05) is 12.1 Å². The van der Waals surface area contributed by atoms with Crippen LogP contribution in [-0.2, 0) is 60.8 Å². The van der Waals surface area contributed by atoms with Crippen molar-refractivity contribution < 1.29 is 73.5 Å². The van der Waals surface area contributed by atoms with Gasteiger partial charge >= 0.3 is 17.9 Å². The molecule has 9 atom stereocenters. The van der Waals surface area contributed by atoms with Crippen molar-refractivity contribution in [2.45, 2.75) is 138 Å². The maximum absolute atomic E-state index is 14.4. The fraction of sp³-hybridized carbons (Fsp3) is 0.556. The molecule has 3 rings (SSSR count). The number of nitrogens with zero attached hydrogens (tertiary/aromatic N) is 3. The summed E-state index contributed by atoms with van der Waals surface area (Å²) in [5, 5.41) is 63.0. The Balaban J connectivity index is 1.91. The summed E-state index contributed by atoms with van der Waals surface area (Å²) in [7, 11) is 0. The molecule has 0 spiro atoms. The number of aromatic hydroxyl groups is 1. The van der Waals surface area contributed by atoms with Crippen LogP contribution in [0.1, 0.15) is 82.4 Å². The van der Waals surface area contributed by atoms with Crippen LogP contribution >= 0.6 is 0 Å². The molecule has 29 heteroatoms. The second-order valence-corrected chi connectivity index (χ2v) is 17.6. The van der Waals surface area contributed by atoms with Gasteiger partial charge in [-0.15, -0.1) is 0 Å². The summed E-state index contributed by atoms with van der Waals surface area (Å²) in [6.45, 7) is 1.26. The first kappa shape index (κ1) is 60.4. The molecule has 0 saturated carbocycles. The van der Waals surface area contributed by atoms with Crippen LogP contribution in [0, 0.1) is 0 Å². The zero-order chi connectivity index (χ0) is 55.1. The zero-order valence-corrected chi connectivity index (χ0v) is 40.7. The highest BCUT2D eigenvalue weighted by molar-refractivity contribution is 5.99. The lowest BCUT2D eigenvalue weighted by Gasteiger charge is -2.31. The monoisotopic (exact) mass is 1040 g/mol. The standard InChI is InChI=1S/C45H68N14O15/c1-23(60)36(44(73)74)58-39(68)29(13-14-34(62)63)54-42(71)33-8-5-17-59(33)43(72)30(6-2-3-15-46)55-41(70)32(20-35(64)65)57-40(69)31(18-24-9-11-26(61)12-10-24)56-38(67)28(7-4-16-51-45(48)49)53-37(66)27(47)19-25-21-50-22-52-25/h9-12,21-23,27-33,36,60-61H,2-8,13-20,46-47H2,1H3,(H,50,52)(H,53,66)(H,54,71)(H,55,70)(H,56,67)(H,57,69)(H,58,68)(H,62,63)(H,64,65)(H,73,74)(H4,48,49,51)/t23-,27+,28+,29+,30+,31+,32+,33+,36+/m1/s1. The number of nitrogens with two attached hydrogens (primary N) is 4. The number of H-pyrrole nitrogens is 1. The first-order chi connectivity index (χ1) is 35.0. The maximum Gasteiger partial charge on any atom is 0.328 e. The zero-order valence-electron chi connectivity index (χ0n) is 40.7. The number of likely N-dealkylation sites (tertiary alicyclic amines) is 1. The normalized spacial score (nSPS) is 16.3. The van der Waals surface area contributed by atoms with Crippen LogP contribution in [0.3, 0.4) is 0 Å². The van der Waals surface area contributed by atoms with Gasteiger partial charge in [0, 0.05) is 44.2 Å².